The summed E-state index contributed by atoms with van der Waals surface area (Å²) in [7, 11) is 0. The molecule has 0 radical (unpaired) electrons. The molecule has 2 nitrogen and oxygen atoms in total. The maximum Gasteiger partial charge on any atom is 0.309 e. The summed E-state index contributed by atoms with van der Waals surface area (Å²) >= 11 is 0. The van der Waals surface area contributed by atoms with Crippen molar-refractivity contribution < 1.29 is 9.53 Å². The van der Waals surface area contributed by atoms with Gasteiger partial charge in [-0.15, -0.1) is 0 Å². The van der Waals surface area contributed by atoms with Crippen molar-refractivity contribution in [2.75, 3.05) is 0 Å². The normalized spacial score (nSPS) is 19.6. The lowest BCUT2D eigenvalue weighted by molar-refractivity contribution is -0.151. The molecule has 1 aliphatic rings. The molecule has 0 bridgehead atoms. The first-order valence-electron chi connectivity index (χ1n) is 11.5. The Hall–Kier alpha value is -1.31. The Morgan fingerprint density at radius 3 is 2.11 bits per heavy atom. The molecule has 1 aliphatic carbocycles. The lowest BCUT2D eigenvalue weighted by atomic mass is 10.0. The summed E-state index contributed by atoms with van der Waals surface area (Å²) in [6, 6.07) is 10.4. The highest BCUT2D eigenvalue weighted by Gasteiger charge is 2.45. The lowest BCUT2D eigenvalue weighted by Gasteiger charge is -2.16. The number of esters is 1. The molecule has 0 heterocycles. The second-order valence-corrected chi connectivity index (χ2v) is 8.30. The highest BCUT2D eigenvalue weighted by Crippen LogP contribution is 2.48. The largest absolute Gasteiger partial charge is 0.462 e. The standard InChI is InChI=1S/C25H40O2/c1-3-5-6-7-8-9-10-11-12-16-19-22(4-2)27-25(26)24-20-23(24)21-17-14-13-15-18-21/h13-15,17-18,22-24H,3-12,16,19-20H2,1-2H3. The first kappa shape index (κ1) is 22.0. The van der Waals surface area contributed by atoms with Crippen molar-refractivity contribution in [1.29, 1.82) is 0 Å². The van der Waals surface area contributed by atoms with Gasteiger partial charge in [0.15, 0.2) is 0 Å². The SMILES string of the molecule is CCCCCCCCCCCCC(CC)OC(=O)C1CC1c1ccccc1. The van der Waals surface area contributed by atoms with E-state index in [1.807, 2.05) is 6.07 Å². The predicted octanol–water partition coefficient (Wildman–Crippen LogP) is 7.42. The number of hydrogen-bond acceptors (Lipinski definition) is 2. The van der Waals surface area contributed by atoms with Crippen LogP contribution in [0.25, 0.3) is 0 Å². The zero-order chi connectivity index (χ0) is 19.3. The summed E-state index contributed by atoms with van der Waals surface area (Å²) < 4.78 is 5.82. The predicted molar refractivity (Wildman–Crippen MR) is 114 cm³/mol. The van der Waals surface area contributed by atoms with E-state index in [4.69, 9.17) is 4.74 Å². The van der Waals surface area contributed by atoms with Crippen LogP contribution in [0.2, 0.25) is 0 Å². The van der Waals surface area contributed by atoms with Gasteiger partial charge in [-0.05, 0) is 37.2 Å². The second-order valence-electron chi connectivity index (χ2n) is 8.30. The minimum Gasteiger partial charge on any atom is -0.462 e. The number of rotatable bonds is 15. The number of carbonyl (C=O) groups is 1. The molecule has 0 N–H and O–H groups in total. The van der Waals surface area contributed by atoms with E-state index in [9.17, 15) is 4.79 Å². The molecule has 3 atom stereocenters. The van der Waals surface area contributed by atoms with E-state index in [2.05, 4.69) is 38.1 Å². The molecule has 2 heteroatoms. The van der Waals surface area contributed by atoms with Gasteiger partial charge in [0.1, 0.15) is 6.10 Å². The number of benzene rings is 1. The lowest BCUT2D eigenvalue weighted by Crippen LogP contribution is -2.19. The summed E-state index contributed by atoms with van der Waals surface area (Å²) in [6.07, 6.45) is 16.5. The van der Waals surface area contributed by atoms with E-state index >= 15 is 0 Å². The van der Waals surface area contributed by atoms with E-state index in [0.717, 1.165) is 19.3 Å². The molecule has 1 aromatic rings. The van der Waals surface area contributed by atoms with Gasteiger partial charge in [-0.2, -0.15) is 0 Å². The summed E-state index contributed by atoms with van der Waals surface area (Å²) in [5.41, 5.74) is 1.28. The average molecular weight is 373 g/mol. The summed E-state index contributed by atoms with van der Waals surface area (Å²) in [4.78, 5) is 12.4. The average Bonchev–Trinajstić information content (AvgIpc) is 3.50. The van der Waals surface area contributed by atoms with Gasteiger partial charge >= 0.3 is 5.97 Å². The van der Waals surface area contributed by atoms with Crippen LogP contribution in [0, 0.1) is 5.92 Å². The number of ether oxygens (including phenoxy) is 1. The third-order valence-electron chi connectivity index (χ3n) is 5.94. The third-order valence-corrected chi connectivity index (χ3v) is 5.94. The first-order chi connectivity index (χ1) is 13.3. The number of hydrogen-bond donors (Lipinski definition) is 0. The zero-order valence-corrected chi connectivity index (χ0v) is 17.6. The van der Waals surface area contributed by atoms with Gasteiger partial charge in [-0.25, -0.2) is 0 Å². The van der Waals surface area contributed by atoms with Crippen LogP contribution >= 0.6 is 0 Å². The van der Waals surface area contributed by atoms with E-state index in [1.54, 1.807) is 0 Å². The highest BCUT2D eigenvalue weighted by molar-refractivity contribution is 5.77. The number of unbranched alkanes of at least 4 members (excludes halogenated alkanes) is 9. The van der Waals surface area contributed by atoms with Crippen molar-refractivity contribution >= 4 is 5.97 Å². The van der Waals surface area contributed by atoms with Gasteiger partial charge in [0.25, 0.3) is 0 Å². The minimum absolute atomic E-state index is 0.0304. The maximum absolute atomic E-state index is 12.4. The molecule has 1 fully saturated rings. The van der Waals surface area contributed by atoms with Crippen molar-refractivity contribution in [2.45, 2.75) is 109 Å². The molecule has 0 amide bonds. The van der Waals surface area contributed by atoms with Crippen LogP contribution in [-0.2, 0) is 9.53 Å². The number of carbonyl (C=O) groups excluding carboxylic acids is 1. The summed E-state index contributed by atoms with van der Waals surface area (Å²) in [6.45, 7) is 4.41. The molecule has 3 unspecified atom stereocenters. The summed E-state index contributed by atoms with van der Waals surface area (Å²) in [5.74, 6) is 0.505. The Kier molecular flexibility index (Phi) is 10.6. The molecule has 1 saturated carbocycles. The quantitative estimate of drug-likeness (QED) is 0.236. The smallest absolute Gasteiger partial charge is 0.309 e. The van der Waals surface area contributed by atoms with E-state index in [0.29, 0.717) is 5.92 Å². The van der Waals surface area contributed by atoms with Crippen molar-refractivity contribution in [2.24, 2.45) is 5.92 Å². The van der Waals surface area contributed by atoms with Crippen LogP contribution in [0.5, 0.6) is 0 Å². The summed E-state index contributed by atoms with van der Waals surface area (Å²) in [5, 5.41) is 0. The van der Waals surface area contributed by atoms with E-state index in [1.165, 1.54) is 69.8 Å². The minimum atomic E-state index is 0.0304. The molecule has 0 saturated heterocycles. The monoisotopic (exact) mass is 372 g/mol. The fourth-order valence-corrected chi connectivity index (χ4v) is 3.98. The van der Waals surface area contributed by atoms with Gasteiger partial charge in [0.2, 0.25) is 0 Å². The molecule has 1 aromatic carbocycles. The van der Waals surface area contributed by atoms with Gasteiger partial charge in [0.05, 0.1) is 5.92 Å². The Bertz CT molecular complexity index is 510. The first-order valence-corrected chi connectivity index (χ1v) is 11.5. The topological polar surface area (TPSA) is 26.3 Å². The zero-order valence-electron chi connectivity index (χ0n) is 17.6. The van der Waals surface area contributed by atoms with Crippen molar-refractivity contribution in [3.05, 3.63) is 35.9 Å². The van der Waals surface area contributed by atoms with Crippen LogP contribution in [-0.4, -0.2) is 12.1 Å². The fraction of sp³-hybridized carbons (Fsp3) is 0.720. The van der Waals surface area contributed by atoms with E-state index < -0.39 is 0 Å². The maximum atomic E-state index is 12.4. The van der Waals surface area contributed by atoms with E-state index in [-0.39, 0.29) is 18.0 Å². The molecule has 2 rings (SSSR count). The Labute approximate surface area is 167 Å². The Balaban J connectivity index is 1.51. The van der Waals surface area contributed by atoms with Gasteiger partial charge in [0, 0.05) is 0 Å². The van der Waals surface area contributed by atoms with Gasteiger partial charge in [-0.1, -0.05) is 102 Å². The molecule has 27 heavy (non-hydrogen) atoms. The second kappa shape index (κ2) is 13.0. The van der Waals surface area contributed by atoms with Crippen molar-refractivity contribution in [3.8, 4) is 0 Å². The molecule has 0 aliphatic heterocycles. The van der Waals surface area contributed by atoms with Crippen LogP contribution in [0.15, 0.2) is 30.3 Å². The van der Waals surface area contributed by atoms with Gasteiger partial charge < -0.3 is 4.74 Å². The van der Waals surface area contributed by atoms with Gasteiger partial charge in [-0.3, -0.25) is 4.79 Å². The molecule has 0 aromatic heterocycles. The Morgan fingerprint density at radius 1 is 0.926 bits per heavy atom. The van der Waals surface area contributed by atoms with Crippen LogP contribution < -0.4 is 0 Å². The third kappa shape index (κ3) is 8.49. The van der Waals surface area contributed by atoms with Crippen molar-refractivity contribution in [3.63, 3.8) is 0 Å². The highest BCUT2D eigenvalue weighted by atomic mass is 16.5. The molecular weight excluding hydrogens is 332 g/mol. The Morgan fingerprint density at radius 2 is 1.52 bits per heavy atom. The molecule has 152 valence electrons. The van der Waals surface area contributed by atoms with Crippen molar-refractivity contribution in [1.82, 2.24) is 0 Å². The van der Waals surface area contributed by atoms with Crippen LogP contribution in [0.1, 0.15) is 109 Å². The molecular formula is C25H40O2. The fourth-order valence-electron chi connectivity index (χ4n) is 3.98. The van der Waals surface area contributed by atoms with Crippen LogP contribution in [0.4, 0.5) is 0 Å². The van der Waals surface area contributed by atoms with Crippen LogP contribution in [0.3, 0.4) is 0 Å². The molecule has 0 spiro atoms.